The first-order valence-corrected chi connectivity index (χ1v) is 6.35. The second kappa shape index (κ2) is 6.61. The van der Waals surface area contributed by atoms with Crippen LogP contribution in [0.2, 0.25) is 0 Å². The lowest BCUT2D eigenvalue weighted by atomic mass is 10.2. The van der Waals surface area contributed by atoms with E-state index in [1.165, 1.54) is 7.11 Å². The highest BCUT2D eigenvalue weighted by Gasteiger charge is 2.14. The molecular weight excluding hydrogens is 254 g/mol. The van der Waals surface area contributed by atoms with Gasteiger partial charge in [0.05, 0.1) is 7.11 Å². The van der Waals surface area contributed by atoms with Crippen LogP contribution < -0.4 is 10.1 Å². The third kappa shape index (κ3) is 3.75. The van der Waals surface area contributed by atoms with Crippen molar-refractivity contribution in [2.24, 2.45) is 0 Å². The molecule has 2 aromatic rings. The number of para-hydroxylation sites is 1. The van der Waals surface area contributed by atoms with Crippen molar-refractivity contribution in [1.29, 1.82) is 0 Å². The highest BCUT2D eigenvalue weighted by molar-refractivity contribution is 5.74. The molecule has 1 atom stereocenters. The number of rotatable bonds is 5. The average molecular weight is 271 g/mol. The van der Waals surface area contributed by atoms with E-state index < -0.39 is 12.1 Å². The fraction of sp³-hybridized carbons (Fsp3) is 0.188. The van der Waals surface area contributed by atoms with Crippen LogP contribution in [0.4, 0.5) is 11.4 Å². The molecule has 0 aliphatic rings. The molecule has 0 spiro atoms. The number of methoxy groups -OCH3 is 1. The smallest absolute Gasteiger partial charge is 0.346 e. The first kappa shape index (κ1) is 13.9. The highest BCUT2D eigenvalue weighted by Crippen LogP contribution is 2.20. The lowest BCUT2D eigenvalue weighted by Crippen LogP contribution is -2.24. The molecule has 0 radical (unpaired) electrons. The van der Waals surface area contributed by atoms with Crippen molar-refractivity contribution in [2.75, 3.05) is 12.4 Å². The maximum atomic E-state index is 11.3. The molecule has 0 aliphatic carbocycles. The molecule has 0 saturated heterocycles. The molecule has 4 heteroatoms. The Morgan fingerprint density at radius 1 is 1.00 bits per heavy atom. The van der Waals surface area contributed by atoms with E-state index in [0.717, 1.165) is 11.4 Å². The Balaban J connectivity index is 1.98. The third-order valence-electron chi connectivity index (χ3n) is 2.76. The van der Waals surface area contributed by atoms with Gasteiger partial charge in [0.1, 0.15) is 5.75 Å². The van der Waals surface area contributed by atoms with Gasteiger partial charge in [-0.3, -0.25) is 0 Å². The van der Waals surface area contributed by atoms with E-state index in [1.807, 2.05) is 54.6 Å². The summed E-state index contributed by atoms with van der Waals surface area (Å²) in [5, 5.41) is 3.27. The third-order valence-corrected chi connectivity index (χ3v) is 2.76. The molecule has 1 N–H and O–H groups in total. The maximum absolute atomic E-state index is 11.3. The summed E-state index contributed by atoms with van der Waals surface area (Å²) in [6, 6.07) is 17.3. The van der Waals surface area contributed by atoms with E-state index in [2.05, 4.69) is 10.1 Å². The van der Waals surface area contributed by atoms with Crippen LogP contribution in [0.15, 0.2) is 54.6 Å². The van der Waals surface area contributed by atoms with E-state index >= 15 is 0 Å². The zero-order valence-electron chi connectivity index (χ0n) is 11.5. The van der Waals surface area contributed by atoms with Gasteiger partial charge in [0.25, 0.3) is 0 Å². The van der Waals surface area contributed by atoms with Crippen molar-refractivity contribution in [2.45, 2.75) is 13.0 Å². The zero-order chi connectivity index (χ0) is 14.4. The molecule has 0 saturated carbocycles. The summed E-state index contributed by atoms with van der Waals surface area (Å²) >= 11 is 0. The molecule has 0 bridgehead atoms. The Bertz CT molecular complexity index is 552. The van der Waals surface area contributed by atoms with Gasteiger partial charge in [0.15, 0.2) is 6.10 Å². The van der Waals surface area contributed by atoms with E-state index in [1.54, 1.807) is 6.92 Å². The van der Waals surface area contributed by atoms with Gasteiger partial charge in [0.2, 0.25) is 0 Å². The van der Waals surface area contributed by atoms with Crippen LogP contribution in [0.3, 0.4) is 0 Å². The van der Waals surface area contributed by atoms with E-state index in [4.69, 9.17) is 4.74 Å². The summed E-state index contributed by atoms with van der Waals surface area (Å²) in [5.74, 6) is 0.234. The Hall–Kier alpha value is -2.49. The van der Waals surface area contributed by atoms with Crippen LogP contribution in [-0.4, -0.2) is 19.2 Å². The van der Waals surface area contributed by atoms with Crippen molar-refractivity contribution in [3.63, 3.8) is 0 Å². The lowest BCUT2D eigenvalue weighted by molar-refractivity contribution is -0.147. The molecule has 0 aromatic heterocycles. The number of esters is 1. The summed E-state index contributed by atoms with van der Waals surface area (Å²) in [7, 11) is 1.34. The molecule has 2 rings (SSSR count). The fourth-order valence-electron chi connectivity index (χ4n) is 1.72. The molecule has 0 fully saturated rings. The van der Waals surface area contributed by atoms with Crippen LogP contribution in [0.5, 0.6) is 5.75 Å². The van der Waals surface area contributed by atoms with E-state index in [0.29, 0.717) is 5.75 Å². The van der Waals surface area contributed by atoms with Crippen LogP contribution in [-0.2, 0) is 9.53 Å². The number of anilines is 2. The van der Waals surface area contributed by atoms with E-state index in [9.17, 15) is 4.79 Å². The normalized spacial score (nSPS) is 11.5. The minimum Gasteiger partial charge on any atom is -0.479 e. The van der Waals surface area contributed by atoms with Gasteiger partial charge in [-0.2, -0.15) is 0 Å². The van der Waals surface area contributed by atoms with Gasteiger partial charge >= 0.3 is 5.97 Å². The van der Waals surface area contributed by atoms with Crippen molar-refractivity contribution >= 4 is 17.3 Å². The summed E-state index contributed by atoms with van der Waals surface area (Å²) in [6.07, 6.45) is -0.618. The van der Waals surface area contributed by atoms with Crippen LogP contribution in [0.1, 0.15) is 6.92 Å². The summed E-state index contributed by atoms with van der Waals surface area (Å²) < 4.78 is 10.1. The van der Waals surface area contributed by atoms with Crippen molar-refractivity contribution in [1.82, 2.24) is 0 Å². The predicted octanol–water partition coefficient (Wildman–Crippen LogP) is 3.37. The molecule has 104 valence electrons. The number of hydrogen-bond donors (Lipinski definition) is 1. The fourth-order valence-corrected chi connectivity index (χ4v) is 1.72. The first-order chi connectivity index (χ1) is 9.69. The topological polar surface area (TPSA) is 47.6 Å². The van der Waals surface area contributed by atoms with Crippen LogP contribution >= 0.6 is 0 Å². The molecule has 0 heterocycles. The predicted molar refractivity (Wildman–Crippen MR) is 78.3 cm³/mol. The van der Waals surface area contributed by atoms with Gasteiger partial charge in [-0.1, -0.05) is 18.2 Å². The minimum atomic E-state index is -0.618. The molecule has 20 heavy (non-hydrogen) atoms. The SMILES string of the molecule is COC(=O)[C@H](C)Oc1ccc(Nc2ccccc2)cc1. The van der Waals surface area contributed by atoms with Gasteiger partial charge in [-0.25, -0.2) is 4.79 Å². The molecule has 4 nitrogen and oxygen atoms in total. The Labute approximate surface area is 118 Å². The average Bonchev–Trinajstić information content (AvgIpc) is 2.49. The van der Waals surface area contributed by atoms with Crippen molar-refractivity contribution in [3.8, 4) is 5.75 Å². The largest absolute Gasteiger partial charge is 0.479 e. The van der Waals surface area contributed by atoms with Crippen molar-refractivity contribution in [3.05, 3.63) is 54.6 Å². The van der Waals surface area contributed by atoms with Crippen LogP contribution in [0, 0.1) is 0 Å². The summed E-state index contributed by atoms with van der Waals surface area (Å²) in [5.41, 5.74) is 1.97. The molecular formula is C16H17NO3. The highest BCUT2D eigenvalue weighted by atomic mass is 16.6. The number of carbonyl (C=O) groups is 1. The maximum Gasteiger partial charge on any atom is 0.346 e. The lowest BCUT2D eigenvalue weighted by Gasteiger charge is -2.13. The monoisotopic (exact) mass is 271 g/mol. The Morgan fingerprint density at radius 2 is 1.60 bits per heavy atom. The standard InChI is InChI=1S/C16H17NO3/c1-12(16(18)19-2)20-15-10-8-14(9-11-15)17-13-6-4-3-5-7-13/h3-12,17H,1-2H3/t12-/m0/s1. The first-order valence-electron chi connectivity index (χ1n) is 6.35. The zero-order valence-corrected chi connectivity index (χ0v) is 11.5. The summed E-state index contributed by atoms with van der Waals surface area (Å²) in [6.45, 7) is 1.65. The van der Waals surface area contributed by atoms with Gasteiger partial charge < -0.3 is 14.8 Å². The van der Waals surface area contributed by atoms with Crippen LogP contribution in [0.25, 0.3) is 0 Å². The number of carbonyl (C=O) groups excluding carboxylic acids is 1. The van der Waals surface area contributed by atoms with E-state index in [-0.39, 0.29) is 0 Å². The Morgan fingerprint density at radius 3 is 2.20 bits per heavy atom. The van der Waals surface area contributed by atoms with Gasteiger partial charge in [-0.05, 0) is 43.3 Å². The summed E-state index contributed by atoms with van der Waals surface area (Å²) in [4.78, 5) is 11.3. The Kier molecular flexibility index (Phi) is 4.60. The molecule has 2 aromatic carbocycles. The number of benzene rings is 2. The molecule has 0 aliphatic heterocycles. The number of ether oxygens (including phenoxy) is 2. The number of nitrogens with one attached hydrogen (secondary N) is 1. The molecule has 0 unspecified atom stereocenters. The second-order valence-electron chi connectivity index (χ2n) is 4.30. The molecule has 0 amide bonds. The minimum absolute atomic E-state index is 0.392. The quantitative estimate of drug-likeness (QED) is 0.847. The van der Waals surface area contributed by atoms with Gasteiger partial charge in [0, 0.05) is 11.4 Å². The second-order valence-corrected chi connectivity index (χ2v) is 4.30. The van der Waals surface area contributed by atoms with Crippen molar-refractivity contribution < 1.29 is 14.3 Å². The number of hydrogen-bond acceptors (Lipinski definition) is 4. The van der Waals surface area contributed by atoms with Gasteiger partial charge in [-0.15, -0.1) is 0 Å².